The zero-order valence-corrected chi connectivity index (χ0v) is 9.81. The van der Waals surface area contributed by atoms with Gasteiger partial charge >= 0.3 is 6.01 Å². The fraction of sp³-hybridized carbons (Fsp3) is 0.0909. The first-order valence-corrected chi connectivity index (χ1v) is 5.78. The van der Waals surface area contributed by atoms with E-state index in [0.717, 1.165) is 15.2 Å². The van der Waals surface area contributed by atoms with Crippen molar-refractivity contribution in [1.29, 1.82) is 0 Å². The molecule has 0 atom stereocenters. The van der Waals surface area contributed by atoms with Gasteiger partial charge in [-0.05, 0) is 12.1 Å². The summed E-state index contributed by atoms with van der Waals surface area (Å²) in [5.74, 6) is 0. The van der Waals surface area contributed by atoms with Crippen molar-refractivity contribution in [3.63, 3.8) is 0 Å². The van der Waals surface area contributed by atoms with Crippen molar-refractivity contribution in [2.24, 2.45) is 0 Å². The van der Waals surface area contributed by atoms with E-state index in [1.54, 1.807) is 17.5 Å². The molecule has 17 heavy (non-hydrogen) atoms. The predicted octanol–water partition coefficient (Wildman–Crippen LogP) is 2.16. The summed E-state index contributed by atoms with van der Waals surface area (Å²) in [6.45, 7) is 0. The van der Waals surface area contributed by atoms with E-state index in [1.165, 1.54) is 7.11 Å². The van der Waals surface area contributed by atoms with Crippen LogP contribution in [-0.4, -0.2) is 27.3 Å². The van der Waals surface area contributed by atoms with Crippen molar-refractivity contribution in [2.45, 2.75) is 0 Å². The minimum atomic E-state index is 0.259. The molecule has 1 aromatic carbocycles. The van der Waals surface area contributed by atoms with E-state index in [2.05, 4.69) is 20.2 Å². The lowest BCUT2D eigenvalue weighted by molar-refractivity contribution is 0.373. The van der Waals surface area contributed by atoms with Gasteiger partial charge in [-0.15, -0.1) is 16.4 Å². The Bertz CT molecular complexity index is 617. The summed E-state index contributed by atoms with van der Waals surface area (Å²) in [4.78, 5) is 8.49. The molecule has 3 aromatic rings. The summed E-state index contributed by atoms with van der Waals surface area (Å²) in [5.41, 5.74) is 1.62. The average Bonchev–Trinajstić information content (AvgIpc) is 2.82. The lowest BCUT2D eigenvalue weighted by Gasteiger charge is -1.95. The Morgan fingerprint density at radius 2 is 2.06 bits per heavy atom. The molecular formula is C11H8N4OS. The molecule has 0 aliphatic heterocycles. The smallest absolute Gasteiger partial charge is 0.335 e. The SMILES string of the molecule is COc1ncc(-c2nc3ccccc3s2)nn1. The molecule has 0 radical (unpaired) electrons. The van der Waals surface area contributed by atoms with Crippen LogP contribution in [0, 0.1) is 0 Å². The molecular weight excluding hydrogens is 236 g/mol. The first-order valence-electron chi connectivity index (χ1n) is 4.96. The number of rotatable bonds is 2. The Morgan fingerprint density at radius 1 is 1.18 bits per heavy atom. The van der Waals surface area contributed by atoms with Crippen LogP contribution in [0.3, 0.4) is 0 Å². The van der Waals surface area contributed by atoms with E-state index in [-0.39, 0.29) is 6.01 Å². The minimum absolute atomic E-state index is 0.259. The second kappa shape index (κ2) is 4.06. The Morgan fingerprint density at radius 3 is 2.76 bits per heavy atom. The van der Waals surface area contributed by atoms with Crippen LogP contribution in [0.4, 0.5) is 0 Å². The predicted molar refractivity (Wildman–Crippen MR) is 65.0 cm³/mol. The van der Waals surface area contributed by atoms with Crippen molar-refractivity contribution >= 4 is 21.6 Å². The number of hydrogen-bond acceptors (Lipinski definition) is 6. The molecule has 0 spiro atoms. The number of methoxy groups -OCH3 is 1. The monoisotopic (exact) mass is 244 g/mol. The third-order valence-electron chi connectivity index (χ3n) is 2.24. The van der Waals surface area contributed by atoms with Crippen LogP contribution >= 0.6 is 11.3 Å². The van der Waals surface area contributed by atoms with E-state index in [0.29, 0.717) is 5.69 Å². The molecule has 0 N–H and O–H groups in total. The van der Waals surface area contributed by atoms with Crippen LogP contribution in [0.5, 0.6) is 6.01 Å². The molecule has 3 rings (SSSR count). The van der Waals surface area contributed by atoms with Gasteiger partial charge in [0.1, 0.15) is 10.7 Å². The first kappa shape index (κ1) is 10.1. The van der Waals surface area contributed by atoms with Gasteiger partial charge in [0, 0.05) is 0 Å². The van der Waals surface area contributed by atoms with Crippen LogP contribution < -0.4 is 4.74 Å². The highest BCUT2D eigenvalue weighted by atomic mass is 32.1. The molecule has 5 nitrogen and oxygen atoms in total. The maximum Gasteiger partial charge on any atom is 0.335 e. The van der Waals surface area contributed by atoms with Gasteiger partial charge in [0.25, 0.3) is 0 Å². The van der Waals surface area contributed by atoms with Gasteiger partial charge in [0.2, 0.25) is 0 Å². The number of thiazole rings is 1. The molecule has 0 fully saturated rings. The normalized spacial score (nSPS) is 10.6. The highest BCUT2D eigenvalue weighted by Gasteiger charge is 2.08. The summed E-state index contributed by atoms with van der Waals surface area (Å²) in [6, 6.07) is 8.21. The third-order valence-corrected chi connectivity index (χ3v) is 3.30. The third kappa shape index (κ3) is 1.83. The summed E-state index contributed by atoms with van der Waals surface area (Å²) in [6.07, 6.45) is 1.61. The summed E-state index contributed by atoms with van der Waals surface area (Å²) in [5, 5.41) is 8.67. The standard InChI is InChI=1S/C11H8N4OS/c1-16-11-12-6-8(14-15-11)10-13-7-4-2-3-5-9(7)17-10/h2-6H,1H3. The molecule has 84 valence electrons. The van der Waals surface area contributed by atoms with Crippen LogP contribution in [0.25, 0.3) is 20.9 Å². The highest BCUT2D eigenvalue weighted by molar-refractivity contribution is 7.21. The van der Waals surface area contributed by atoms with E-state index in [9.17, 15) is 0 Å². The molecule has 0 aliphatic carbocycles. The fourth-order valence-electron chi connectivity index (χ4n) is 1.44. The molecule has 0 bridgehead atoms. The van der Waals surface area contributed by atoms with E-state index >= 15 is 0 Å². The molecule has 6 heteroatoms. The topological polar surface area (TPSA) is 60.8 Å². The van der Waals surface area contributed by atoms with Gasteiger partial charge < -0.3 is 4.74 Å². The number of ether oxygens (including phenoxy) is 1. The number of benzene rings is 1. The van der Waals surface area contributed by atoms with Crippen molar-refractivity contribution in [3.8, 4) is 16.7 Å². The van der Waals surface area contributed by atoms with Gasteiger partial charge in [-0.1, -0.05) is 17.2 Å². The quantitative estimate of drug-likeness (QED) is 0.691. The molecule has 2 heterocycles. The Kier molecular flexibility index (Phi) is 2.41. The lowest BCUT2D eigenvalue weighted by atomic mass is 10.3. The molecule has 0 aliphatic rings. The molecule has 0 saturated carbocycles. The van der Waals surface area contributed by atoms with Crippen molar-refractivity contribution < 1.29 is 4.74 Å². The van der Waals surface area contributed by atoms with Gasteiger partial charge in [-0.25, -0.2) is 9.97 Å². The Labute approximate surface area is 101 Å². The second-order valence-corrected chi connectivity index (χ2v) is 4.35. The number of fused-ring (bicyclic) bond motifs is 1. The maximum atomic E-state index is 4.86. The van der Waals surface area contributed by atoms with Gasteiger partial charge in [-0.2, -0.15) is 0 Å². The second-order valence-electron chi connectivity index (χ2n) is 3.32. The van der Waals surface area contributed by atoms with E-state index in [4.69, 9.17) is 4.74 Å². The number of aromatic nitrogens is 4. The van der Waals surface area contributed by atoms with E-state index in [1.807, 2.05) is 24.3 Å². The largest absolute Gasteiger partial charge is 0.466 e. The maximum absolute atomic E-state index is 4.86. The Hall–Kier alpha value is -2.08. The van der Waals surface area contributed by atoms with Crippen LogP contribution in [0.2, 0.25) is 0 Å². The summed E-state index contributed by atoms with van der Waals surface area (Å²) in [7, 11) is 1.51. The molecule has 2 aromatic heterocycles. The van der Waals surface area contributed by atoms with E-state index < -0.39 is 0 Å². The minimum Gasteiger partial charge on any atom is -0.466 e. The fourth-order valence-corrected chi connectivity index (χ4v) is 2.35. The number of para-hydroxylation sites is 1. The van der Waals surface area contributed by atoms with Crippen LogP contribution in [0.1, 0.15) is 0 Å². The summed E-state index contributed by atoms with van der Waals surface area (Å²) < 4.78 is 5.99. The van der Waals surface area contributed by atoms with Crippen molar-refractivity contribution in [1.82, 2.24) is 20.2 Å². The van der Waals surface area contributed by atoms with Crippen LogP contribution in [-0.2, 0) is 0 Å². The number of nitrogens with zero attached hydrogens (tertiary/aromatic N) is 4. The molecule has 0 saturated heterocycles. The molecule has 0 amide bonds. The average molecular weight is 244 g/mol. The van der Waals surface area contributed by atoms with Gasteiger partial charge in [-0.3, -0.25) is 0 Å². The van der Waals surface area contributed by atoms with Gasteiger partial charge in [0.15, 0.2) is 0 Å². The number of hydrogen-bond donors (Lipinski definition) is 0. The first-order chi connectivity index (χ1) is 8.36. The Balaban J connectivity index is 2.07. The zero-order valence-electron chi connectivity index (χ0n) is 8.99. The summed E-state index contributed by atoms with van der Waals surface area (Å²) >= 11 is 1.57. The van der Waals surface area contributed by atoms with Crippen molar-refractivity contribution in [2.75, 3.05) is 7.11 Å². The lowest BCUT2D eigenvalue weighted by Crippen LogP contribution is -1.95. The zero-order chi connectivity index (χ0) is 11.7. The van der Waals surface area contributed by atoms with Crippen molar-refractivity contribution in [3.05, 3.63) is 30.5 Å². The molecule has 0 unspecified atom stereocenters. The van der Waals surface area contributed by atoms with Gasteiger partial charge in [0.05, 0.1) is 23.5 Å². The highest BCUT2D eigenvalue weighted by Crippen LogP contribution is 2.28. The van der Waals surface area contributed by atoms with Crippen LogP contribution in [0.15, 0.2) is 30.5 Å².